The highest BCUT2D eigenvalue weighted by atomic mass is 32.2. The first-order valence-corrected chi connectivity index (χ1v) is 11.3. The molecular weight excluding hydrogens is 330 g/mol. The molecule has 4 heteroatoms. The fraction of sp³-hybridized carbons (Fsp3) is 0.619. The van der Waals surface area contributed by atoms with Crippen LogP contribution in [-0.4, -0.2) is 44.0 Å². The second-order valence-corrected chi connectivity index (χ2v) is 10.3. The molecule has 25 heavy (non-hydrogen) atoms. The van der Waals surface area contributed by atoms with Gasteiger partial charge in [-0.05, 0) is 25.8 Å². The minimum absolute atomic E-state index is 0.0851. The number of benzene rings is 1. The summed E-state index contributed by atoms with van der Waals surface area (Å²) in [5, 5.41) is 0. The minimum atomic E-state index is -2.92. The van der Waals surface area contributed by atoms with Gasteiger partial charge in [-0.2, -0.15) is 0 Å². The molecule has 1 aromatic carbocycles. The molecule has 1 aromatic rings. The number of sulfone groups is 1. The van der Waals surface area contributed by atoms with Crippen molar-refractivity contribution in [2.45, 2.75) is 58.5 Å². The maximum atomic E-state index is 11.6. The SMILES string of the molecule is C=Cc1ccccc1C[N+](C)(CCCS(C)(=O)=O)C(C)(C)CCCC. The number of hydrogen-bond acceptors (Lipinski definition) is 2. The van der Waals surface area contributed by atoms with Gasteiger partial charge in [-0.3, -0.25) is 0 Å². The molecule has 1 unspecified atom stereocenters. The van der Waals surface area contributed by atoms with E-state index in [2.05, 4.69) is 52.6 Å². The largest absolute Gasteiger partial charge is 0.318 e. The highest BCUT2D eigenvalue weighted by molar-refractivity contribution is 7.90. The van der Waals surface area contributed by atoms with Gasteiger partial charge in [0.25, 0.3) is 0 Å². The van der Waals surface area contributed by atoms with Crippen molar-refractivity contribution in [2.75, 3.05) is 25.6 Å². The first-order valence-electron chi connectivity index (χ1n) is 9.27. The Morgan fingerprint density at radius 2 is 1.84 bits per heavy atom. The Labute approximate surface area is 155 Å². The van der Waals surface area contributed by atoms with Crippen molar-refractivity contribution in [3.8, 4) is 0 Å². The van der Waals surface area contributed by atoms with E-state index in [1.54, 1.807) is 0 Å². The third-order valence-electron chi connectivity index (χ3n) is 5.56. The van der Waals surface area contributed by atoms with E-state index in [1.165, 1.54) is 30.2 Å². The van der Waals surface area contributed by atoms with Crippen LogP contribution in [0.15, 0.2) is 30.8 Å². The maximum absolute atomic E-state index is 11.6. The third-order valence-corrected chi connectivity index (χ3v) is 6.59. The molecule has 0 aliphatic carbocycles. The summed E-state index contributed by atoms with van der Waals surface area (Å²) < 4.78 is 24.0. The van der Waals surface area contributed by atoms with Gasteiger partial charge in [-0.25, -0.2) is 8.42 Å². The van der Waals surface area contributed by atoms with E-state index in [-0.39, 0.29) is 11.3 Å². The molecule has 0 bridgehead atoms. The third kappa shape index (κ3) is 6.59. The van der Waals surface area contributed by atoms with Gasteiger partial charge in [0.1, 0.15) is 16.4 Å². The summed E-state index contributed by atoms with van der Waals surface area (Å²) in [5.74, 6) is 0.258. The zero-order valence-corrected chi connectivity index (χ0v) is 17.5. The van der Waals surface area contributed by atoms with Gasteiger partial charge in [-0.15, -0.1) is 0 Å². The lowest BCUT2D eigenvalue weighted by Gasteiger charge is -2.48. The van der Waals surface area contributed by atoms with Crippen LogP contribution in [0.5, 0.6) is 0 Å². The lowest BCUT2D eigenvalue weighted by Crippen LogP contribution is -2.59. The van der Waals surface area contributed by atoms with Gasteiger partial charge >= 0.3 is 0 Å². The van der Waals surface area contributed by atoms with Crippen LogP contribution in [0.25, 0.3) is 6.08 Å². The van der Waals surface area contributed by atoms with Crippen LogP contribution in [-0.2, 0) is 16.4 Å². The second kappa shape index (κ2) is 9.00. The van der Waals surface area contributed by atoms with Crippen LogP contribution in [0.4, 0.5) is 0 Å². The van der Waals surface area contributed by atoms with E-state index in [0.717, 1.165) is 24.0 Å². The molecular formula is C21H36NO2S+. The molecule has 0 heterocycles. The zero-order valence-electron chi connectivity index (χ0n) is 16.7. The summed E-state index contributed by atoms with van der Waals surface area (Å²) in [6, 6.07) is 8.38. The fourth-order valence-electron chi connectivity index (χ4n) is 3.40. The van der Waals surface area contributed by atoms with Crippen LogP contribution in [0.1, 0.15) is 57.6 Å². The van der Waals surface area contributed by atoms with Gasteiger partial charge in [0, 0.05) is 24.7 Å². The summed E-state index contributed by atoms with van der Waals surface area (Å²) in [6.07, 6.45) is 7.43. The summed E-state index contributed by atoms with van der Waals surface area (Å²) in [7, 11) is -0.645. The Morgan fingerprint density at radius 1 is 1.20 bits per heavy atom. The van der Waals surface area contributed by atoms with Crippen molar-refractivity contribution in [2.24, 2.45) is 0 Å². The lowest BCUT2D eigenvalue weighted by molar-refractivity contribution is -0.968. The van der Waals surface area contributed by atoms with E-state index < -0.39 is 9.84 Å². The second-order valence-electron chi connectivity index (χ2n) is 8.08. The Morgan fingerprint density at radius 3 is 2.40 bits per heavy atom. The predicted molar refractivity (Wildman–Crippen MR) is 109 cm³/mol. The van der Waals surface area contributed by atoms with Gasteiger partial charge in [0.2, 0.25) is 0 Å². The standard InChI is InChI=1S/C21H36NO2S/c1-7-9-15-21(3,4)22(5,16-12-17-25(6,23)24)18-20-14-11-10-13-19(20)8-2/h8,10-11,13-14H,2,7,9,12,15-18H2,1,3-6H3/q+1. The molecule has 0 aliphatic heterocycles. The molecule has 0 fully saturated rings. The van der Waals surface area contributed by atoms with E-state index in [9.17, 15) is 8.42 Å². The molecule has 0 saturated heterocycles. The molecule has 1 rings (SSSR count). The first-order chi connectivity index (χ1) is 11.5. The maximum Gasteiger partial charge on any atom is 0.147 e. The Bertz CT molecular complexity index is 664. The Hall–Kier alpha value is -1.13. The van der Waals surface area contributed by atoms with Crippen LogP contribution in [0, 0.1) is 0 Å². The topological polar surface area (TPSA) is 34.1 Å². The Kier molecular flexibility index (Phi) is 7.88. The lowest BCUT2D eigenvalue weighted by atomic mass is 9.90. The van der Waals surface area contributed by atoms with Crippen molar-refractivity contribution in [1.82, 2.24) is 0 Å². The van der Waals surface area contributed by atoms with Crippen LogP contribution in [0.2, 0.25) is 0 Å². The molecule has 1 atom stereocenters. The normalized spacial score (nSPS) is 14.9. The van der Waals surface area contributed by atoms with Crippen molar-refractivity contribution < 1.29 is 12.9 Å². The highest BCUT2D eigenvalue weighted by Gasteiger charge is 2.39. The van der Waals surface area contributed by atoms with Gasteiger partial charge in [0.05, 0.1) is 24.9 Å². The van der Waals surface area contributed by atoms with E-state index in [0.29, 0.717) is 6.42 Å². The summed E-state index contributed by atoms with van der Waals surface area (Å²) in [4.78, 5) is 0. The monoisotopic (exact) mass is 366 g/mol. The number of rotatable bonds is 11. The van der Waals surface area contributed by atoms with Gasteiger partial charge in [0.15, 0.2) is 0 Å². The van der Waals surface area contributed by atoms with Crippen molar-refractivity contribution in [3.63, 3.8) is 0 Å². The van der Waals surface area contributed by atoms with Crippen LogP contribution >= 0.6 is 0 Å². The quantitative estimate of drug-likeness (QED) is 0.533. The number of unbranched alkanes of at least 4 members (excludes halogenated alkanes) is 1. The van der Waals surface area contributed by atoms with E-state index in [4.69, 9.17) is 0 Å². The van der Waals surface area contributed by atoms with Crippen molar-refractivity contribution in [3.05, 3.63) is 42.0 Å². The first kappa shape index (κ1) is 21.9. The highest BCUT2D eigenvalue weighted by Crippen LogP contribution is 2.32. The summed E-state index contributed by atoms with van der Waals surface area (Å²) >= 11 is 0. The van der Waals surface area contributed by atoms with Gasteiger partial charge < -0.3 is 4.48 Å². The summed E-state index contributed by atoms with van der Waals surface area (Å²) in [6.45, 7) is 12.5. The number of hydrogen-bond donors (Lipinski definition) is 0. The number of quaternary nitrogens is 1. The molecule has 3 nitrogen and oxygen atoms in total. The van der Waals surface area contributed by atoms with E-state index in [1.807, 2.05) is 12.1 Å². The van der Waals surface area contributed by atoms with Crippen molar-refractivity contribution >= 4 is 15.9 Å². The van der Waals surface area contributed by atoms with Crippen LogP contribution in [0.3, 0.4) is 0 Å². The molecule has 0 saturated carbocycles. The molecule has 0 aromatic heterocycles. The van der Waals surface area contributed by atoms with Crippen LogP contribution < -0.4 is 0 Å². The smallest absolute Gasteiger partial charge is 0.147 e. The van der Waals surface area contributed by atoms with Crippen molar-refractivity contribution in [1.29, 1.82) is 0 Å². The zero-order chi connectivity index (χ0) is 19.1. The summed E-state index contributed by atoms with van der Waals surface area (Å²) in [5.41, 5.74) is 2.53. The molecule has 0 N–H and O–H groups in total. The molecule has 142 valence electrons. The average molecular weight is 367 g/mol. The van der Waals surface area contributed by atoms with E-state index >= 15 is 0 Å². The predicted octanol–water partition coefficient (Wildman–Crippen LogP) is 4.68. The minimum Gasteiger partial charge on any atom is -0.318 e. The molecule has 0 radical (unpaired) electrons. The molecule has 0 spiro atoms. The number of nitrogens with zero attached hydrogens (tertiary/aromatic N) is 1. The Balaban J connectivity index is 3.10. The average Bonchev–Trinajstić information content (AvgIpc) is 2.52. The molecule has 0 aliphatic rings. The molecule has 0 amide bonds. The van der Waals surface area contributed by atoms with Gasteiger partial charge in [-0.1, -0.05) is 50.3 Å². The fourth-order valence-corrected chi connectivity index (χ4v) is 4.06.